The smallest absolute Gasteiger partial charge is 0.322 e. The van der Waals surface area contributed by atoms with Crippen LogP contribution in [0.4, 0.5) is 10.5 Å². The number of anilines is 1. The minimum atomic E-state index is -0.270. The average Bonchev–Trinajstić information content (AvgIpc) is 3.37. The molecular weight excluding hydrogens is 458 g/mol. The highest BCUT2D eigenvalue weighted by Crippen LogP contribution is 2.29. The Kier molecular flexibility index (Phi) is 7.15. The molecule has 2 heterocycles. The number of urea groups is 1. The molecule has 3 atom stereocenters. The van der Waals surface area contributed by atoms with Crippen molar-refractivity contribution in [1.82, 2.24) is 10.2 Å². The van der Waals surface area contributed by atoms with Gasteiger partial charge in [0.05, 0.1) is 6.04 Å². The molecule has 2 aromatic carbocycles. The Balaban J connectivity index is 1.30. The van der Waals surface area contributed by atoms with Crippen molar-refractivity contribution in [3.05, 3.63) is 58.6 Å². The fraction of sp³-hybridized carbons (Fsp3) is 0.458. The number of ether oxygens (including phenoxy) is 2. The quantitative estimate of drug-likeness (QED) is 0.564. The molecule has 0 spiro atoms. The number of para-hydroxylation sites is 1. The average molecular weight is 488 g/mol. The van der Waals surface area contributed by atoms with Gasteiger partial charge in [-0.05, 0) is 68.1 Å². The second kappa shape index (κ2) is 10.0. The molecule has 2 aliphatic heterocycles. The predicted octanol–water partition coefficient (Wildman–Crippen LogP) is 4.28. The molecule has 0 radical (unpaired) electrons. The van der Waals surface area contributed by atoms with Crippen molar-refractivity contribution in [2.24, 2.45) is 5.92 Å². The van der Waals surface area contributed by atoms with Crippen molar-refractivity contribution < 1.29 is 14.3 Å². The minimum absolute atomic E-state index is 0.00187. The van der Waals surface area contributed by atoms with E-state index in [2.05, 4.69) is 32.2 Å². The molecule has 0 bridgehead atoms. The number of carbonyl (C=O) groups is 1. The normalized spacial score (nSPS) is 22.5. The maximum atomic E-state index is 12.4. The summed E-state index contributed by atoms with van der Waals surface area (Å²) < 4.78 is 12.1. The van der Waals surface area contributed by atoms with E-state index < -0.39 is 0 Å². The summed E-state index contributed by atoms with van der Waals surface area (Å²) in [5.41, 5.74) is 2.22. The summed E-state index contributed by atoms with van der Waals surface area (Å²) in [5.74, 6) is 1.42. The lowest BCUT2D eigenvalue weighted by molar-refractivity contribution is -0.0383. The highest BCUT2D eigenvalue weighted by atomic mass is 79.9. The van der Waals surface area contributed by atoms with Gasteiger partial charge in [0.25, 0.3) is 0 Å². The van der Waals surface area contributed by atoms with Gasteiger partial charge in [-0.15, -0.1) is 0 Å². The fourth-order valence-electron chi connectivity index (χ4n) is 4.42. The standard InChI is InChI=1S/C24H30BrN3O3/c1-17(30-2)31-22-8-9-23(25)19(13-22)12-18-10-11-27(14-18)15-20-16-28(24(29)26-20)21-6-4-3-5-7-21/h3-9,13,17-18,20H,10-12,14-16H2,1-2H3,(H,26,29). The monoisotopic (exact) mass is 487 g/mol. The second-order valence-corrected chi connectivity index (χ2v) is 9.24. The van der Waals surface area contributed by atoms with E-state index in [1.165, 1.54) is 5.56 Å². The van der Waals surface area contributed by atoms with Crippen molar-refractivity contribution in [1.29, 1.82) is 0 Å². The zero-order valence-electron chi connectivity index (χ0n) is 18.1. The molecule has 31 heavy (non-hydrogen) atoms. The number of amides is 2. The zero-order chi connectivity index (χ0) is 21.8. The van der Waals surface area contributed by atoms with E-state index in [4.69, 9.17) is 9.47 Å². The molecule has 166 valence electrons. The van der Waals surface area contributed by atoms with Crippen molar-refractivity contribution in [3.63, 3.8) is 0 Å². The van der Waals surface area contributed by atoms with E-state index in [1.807, 2.05) is 54.3 Å². The van der Waals surface area contributed by atoms with Crippen LogP contribution < -0.4 is 15.0 Å². The first kappa shape index (κ1) is 22.1. The molecule has 1 N–H and O–H groups in total. The number of likely N-dealkylation sites (tertiary alicyclic amines) is 1. The lowest BCUT2D eigenvalue weighted by Crippen LogP contribution is -2.38. The van der Waals surface area contributed by atoms with Gasteiger partial charge < -0.3 is 19.7 Å². The largest absolute Gasteiger partial charge is 0.465 e. The van der Waals surface area contributed by atoms with Crippen LogP contribution in [0.3, 0.4) is 0 Å². The summed E-state index contributed by atoms with van der Waals surface area (Å²) in [5, 5.41) is 3.14. The van der Waals surface area contributed by atoms with Crippen molar-refractivity contribution >= 4 is 27.6 Å². The Morgan fingerprint density at radius 2 is 2.00 bits per heavy atom. The third-order valence-electron chi connectivity index (χ3n) is 6.05. The second-order valence-electron chi connectivity index (χ2n) is 8.39. The van der Waals surface area contributed by atoms with Gasteiger partial charge in [-0.2, -0.15) is 0 Å². The number of benzene rings is 2. The van der Waals surface area contributed by atoms with E-state index in [0.29, 0.717) is 12.5 Å². The van der Waals surface area contributed by atoms with Gasteiger partial charge >= 0.3 is 6.03 Å². The molecule has 2 aromatic rings. The van der Waals surface area contributed by atoms with E-state index in [9.17, 15) is 4.79 Å². The number of nitrogens with one attached hydrogen (secondary N) is 1. The van der Waals surface area contributed by atoms with Gasteiger partial charge in [0.1, 0.15) is 5.75 Å². The zero-order valence-corrected chi connectivity index (χ0v) is 19.7. The molecule has 2 amide bonds. The summed E-state index contributed by atoms with van der Waals surface area (Å²) in [7, 11) is 1.64. The van der Waals surface area contributed by atoms with Crippen LogP contribution in [0.15, 0.2) is 53.0 Å². The molecule has 2 aliphatic rings. The molecule has 7 heteroatoms. The Morgan fingerprint density at radius 3 is 2.77 bits per heavy atom. The maximum absolute atomic E-state index is 12.4. The third kappa shape index (κ3) is 5.59. The molecular formula is C24H30BrN3O3. The Hall–Kier alpha value is -2.09. The Morgan fingerprint density at radius 1 is 1.19 bits per heavy atom. The van der Waals surface area contributed by atoms with Gasteiger partial charge in [-0.3, -0.25) is 4.90 Å². The van der Waals surface area contributed by atoms with E-state index >= 15 is 0 Å². The van der Waals surface area contributed by atoms with Crippen molar-refractivity contribution in [2.45, 2.75) is 32.1 Å². The number of hydrogen-bond donors (Lipinski definition) is 1. The first-order valence-corrected chi connectivity index (χ1v) is 11.6. The van der Waals surface area contributed by atoms with Crippen LogP contribution in [-0.2, 0) is 11.2 Å². The lowest BCUT2D eigenvalue weighted by atomic mass is 9.98. The van der Waals surface area contributed by atoms with Crippen molar-refractivity contribution in [2.75, 3.05) is 38.2 Å². The molecule has 3 unspecified atom stereocenters. The van der Waals surface area contributed by atoms with E-state index in [1.54, 1.807) is 7.11 Å². The maximum Gasteiger partial charge on any atom is 0.322 e. The Labute approximate surface area is 192 Å². The SMILES string of the molecule is COC(C)Oc1ccc(Br)c(CC2CCN(CC3CN(c4ccccc4)C(=O)N3)C2)c1. The van der Waals surface area contributed by atoms with Crippen molar-refractivity contribution in [3.8, 4) is 5.75 Å². The first-order chi connectivity index (χ1) is 15.0. The minimum Gasteiger partial charge on any atom is -0.465 e. The fourth-order valence-corrected chi connectivity index (χ4v) is 4.83. The molecule has 0 aromatic heterocycles. The molecule has 0 aliphatic carbocycles. The molecule has 4 rings (SSSR count). The molecule has 0 saturated carbocycles. The van der Waals surface area contributed by atoms with Crippen LogP contribution in [0.2, 0.25) is 0 Å². The predicted molar refractivity (Wildman–Crippen MR) is 126 cm³/mol. The van der Waals surface area contributed by atoms with Crippen LogP contribution in [0.5, 0.6) is 5.75 Å². The van der Waals surface area contributed by atoms with Gasteiger partial charge in [0, 0.05) is 36.9 Å². The molecule has 6 nitrogen and oxygen atoms in total. The summed E-state index contributed by atoms with van der Waals surface area (Å²) >= 11 is 3.69. The Bertz CT molecular complexity index is 895. The van der Waals surface area contributed by atoms with Gasteiger partial charge in [-0.1, -0.05) is 34.1 Å². The highest BCUT2D eigenvalue weighted by molar-refractivity contribution is 9.10. The summed E-state index contributed by atoms with van der Waals surface area (Å²) in [6.45, 7) is 5.60. The van der Waals surface area contributed by atoms with Crippen LogP contribution in [0.1, 0.15) is 18.9 Å². The van der Waals surface area contributed by atoms with Crippen LogP contribution in [0.25, 0.3) is 0 Å². The van der Waals surface area contributed by atoms with Crippen LogP contribution >= 0.6 is 15.9 Å². The van der Waals surface area contributed by atoms with E-state index in [-0.39, 0.29) is 18.4 Å². The topological polar surface area (TPSA) is 54.0 Å². The number of hydrogen-bond acceptors (Lipinski definition) is 4. The van der Waals surface area contributed by atoms with Crippen LogP contribution in [0, 0.1) is 5.92 Å². The van der Waals surface area contributed by atoms with Gasteiger partial charge in [0.2, 0.25) is 0 Å². The number of rotatable bonds is 8. The van der Waals surface area contributed by atoms with Crippen LogP contribution in [-0.4, -0.2) is 56.6 Å². The first-order valence-electron chi connectivity index (χ1n) is 10.8. The number of halogens is 1. The highest BCUT2D eigenvalue weighted by Gasteiger charge is 2.33. The molecule has 2 fully saturated rings. The van der Waals surface area contributed by atoms with Gasteiger partial charge in [-0.25, -0.2) is 4.79 Å². The number of carbonyl (C=O) groups excluding carboxylic acids is 1. The summed E-state index contributed by atoms with van der Waals surface area (Å²) in [6, 6.07) is 16.1. The number of nitrogens with zero attached hydrogens (tertiary/aromatic N) is 2. The summed E-state index contributed by atoms with van der Waals surface area (Å²) in [4.78, 5) is 16.7. The molecule has 2 saturated heterocycles. The number of methoxy groups -OCH3 is 1. The van der Waals surface area contributed by atoms with E-state index in [0.717, 1.165) is 48.4 Å². The third-order valence-corrected chi connectivity index (χ3v) is 6.83. The summed E-state index contributed by atoms with van der Waals surface area (Å²) in [6.07, 6.45) is 1.89. The van der Waals surface area contributed by atoms with Gasteiger partial charge in [0.15, 0.2) is 6.29 Å². The lowest BCUT2D eigenvalue weighted by Gasteiger charge is -2.21.